The summed E-state index contributed by atoms with van der Waals surface area (Å²) in [6.07, 6.45) is 17.3. The number of imidazole rings is 1. The van der Waals surface area contributed by atoms with Gasteiger partial charge in [0, 0.05) is 22.5 Å². The summed E-state index contributed by atoms with van der Waals surface area (Å²) in [4.78, 5) is 10.3. The standard InChI is InChI=1S/C46H45N3/c1-46(34-20-9-4-10-21-34,43-26-13-14-29-47-43)35-27-28-38-39-22-11-12-25-41(39)49-42(31-48-45(49)40(38)30-35)44-36(32-16-5-2-6-17-32)23-15-24-37(44)33-18-7-3-8-19-33/h4,9-15,20-33H,2-3,5-8,16-19H2,1H3. The Labute approximate surface area is 290 Å². The highest BCUT2D eigenvalue weighted by atomic mass is 15.0. The molecule has 2 fully saturated rings. The van der Waals surface area contributed by atoms with Gasteiger partial charge in [0.05, 0.1) is 28.5 Å². The number of nitrogens with zero attached hydrogens (tertiary/aromatic N) is 3. The van der Waals surface area contributed by atoms with Gasteiger partial charge in [0.1, 0.15) is 5.65 Å². The maximum absolute atomic E-state index is 5.36. The molecule has 0 bridgehead atoms. The second kappa shape index (κ2) is 12.6. The average Bonchev–Trinajstić information content (AvgIpc) is 3.64. The molecule has 0 amide bonds. The van der Waals surface area contributed by atoms with E-state index in [-0.39, 0.29) is 0 Å². The molecule has 3 nitrogen and oxygen atoms in total. The molecule has 7 aromatic rings. The highest BCUT2D eigenvalue weighted by Gasteiger charge is 2.33. The SMILES string of the molecule is CC(c1ccccc1)(c1ccc2c3ccccc3n3c(-c4c(C5CCCCC5)cccc4C4CCCCC4)cnc3c2c1)c1ccccn1. The van der Waals surface area contributed by atoms with Gasteiger partial charge in [-0.2, -0.15) is 0 Å². The van der Waals surface area contributed by atoms with Crippen LogP contribution in [0.3, 0.4) is 0 Å². The smallest absolute Gasteiger partial charge is 0.145 e. The second-order valence-electron chi connectivity index (χ2n) is 14.8. The number of fused-ring (bicyclic) bond motifs is 6. The molecule has 0 N–H and O–H groups in total. The predicted molar refractivity (Wildman–Crippen MR) is 204 cm³/mol. The molecule has 3 heterocycles. The molecule has 1 atom stereocenters. The van der Waals surface area contributed by atoms with Gasteiger partial charge in [0.2, 0.25) is 0 Å². The van der Waals surface area contributed by atoms with E-state index in [1.54, 1.807) is 11.1 Å². The lowest BCUT2D eigenvalue weighted by atomic mass is 9.73. The van der Waals surface area contributed by atoms with Gasteiger partial charge in [-0.15, -0.1) is 0 Å². The van der Waals surface area contributed by atoms with Crippen molar-refractivity contribution >= 4 is 27.3 Å². The number of pyridine rings is 2. The Kier molecular flexibility index (Phi) is 7.80. The molecule has 0 saturated heterocycles. The van der Waals surface area contributed by atoms with E-state index in [9.17, 15) is 0 Å². The van der Waals surface area contributed by atoms with Crippen LogP contribution in [-0.2, 0) is 5.41 Å². The molecule has 1 unspecified atom stereocenters. The third kappa shape index (κ3) is 5.09. The summed E-state index contributed by atoms with van der Waals surface area (Å²) in [5, 5.41) is 3.70. The van der Waals surface area contributed by atoms with E-state index in [0.717, 1.165) is 11.3 Å². The summed E-state index contributed by atoms with van der Waals surface area (Å²) < 4.78 is 2.51. The van der Waals surface area contributed by atoms with Crippen LogP contribution < -0.4 is 0 Å². The van der Waals surface area contributed by atoms with Crippen LogP contribution in [0.4, 0.5) is 0 Å². The molecule has 4 aromatic carbocycles. The lowest BCUT2D eigenvalue weighted by molar-refractivity contribution is 0.436. The minimum absolute atomic E-state index is 0.434. The minimum atomic E-state index is -0.434. The fourth-order valence-corrected chi connectivity index (χ4v) is 9.42. The number of benzene rings is 4. The van der Waals surface area contributed by atoms with Crippen LogP contribution in [0, 0.1) is 0 Å². The van der Waals surface area contributed by atoms with Crippen molar-refractivity contribution in [3.05, 3.63) is 150 Å². The van der Waals surface area contributed by atoms with Gasteiger partial charge in [-0.3, -0.25) is 9.38 Å². The van der Waals surface area contributed by atoms with Gasteiger partial charge >= 0.3 is 0 Å². The Balaban J connectivity index is 1.33. The van der Waals surface area contributed by atoms with Crippen molar-refractivity contribution < 1.29 is 0 Å². The van der Waals surface area contributed by atoms with Gasteiger partial charge < -0.3 is 0 Å². The van der Waals surface area contributed by atoms with Gasteiger partial charge in [0.15, 0.2) is 0 Å². The van der Waals surface area contributed by atoms with Crippen LogP contribution in [0.5, 0.6) is 0 Å². The number of para-hydroxylation sites is 1. The molecule has 2 aliphatic carbocycles. The van der Waals surface area contributed by atoms with Crippen LogP contribution >= 0.6 is 0 Å². The summed E-state index contributed by atoms with van der Waals surface area (Å²) in [5.41, 5.74) is 11.2. The van der Waals surface area contributed by atoms with Crippen molar-refractivity contribution in [1.29, 1.82) is 0 Å². The van der Waals surface area contributed by atoms with Crippen molar-refractivity contribution in [3.63, 3.8) is 0 Å². The van der Waals surface area contributed by atoms with E-state index in [1.165, 1.54) is 108 Å². The maximum atomic E-state index is 5.36. The van der Waals surface area contributed by atoms with Gasteiger partial charge in [-0.05, 0) is 96.3 Å². The van der Waals surface area contributed by atoms with E-state index >= 15 is 0 Å². The maximum Gasteiger partial charge on any atom is 0.145 e. The normalized spacial score (nSPS) is 17.5. The fraction of sp³-hybridized carbons (Fsp3) is 0.304. The molecule has 49 heavy (non-hydrogen) atoms. The average molecular weight is 640 g/mol. The number of hydrogen-bond acceptors (Lipinski definition) is 2. The van der Waals surface area contributed by atoms with Crippen molar-refractivity contribution in [2.45, 2.75) is 88.4 Å². The van der Waals surface area contributed by atoms with Crippen LogP contribution in [0.1, 0.15) is 111 Å². The lowest BCUT2D eigenvalue weighted by Crippen LogP contribution is -2.26. The molecular formula is C46H45N3. The fourth-order valence-electron chi connectivity index (χ4n) is 9.42. The topological polar surface area (TPSA) is 30.2 Å². The van der Waals surface area contributed by atoms with Crippen molar-refractivity contribution in [2.24, 2.45) is 0 Å². The van der Waals surface area contributed by atoms with E-state index in [4.69, 9.17) is 9.97 Å². The molecule has 3 heteroatoms. The zero-order valence-corrected chi connectivity index (χ0v) is 28.6. The third-order valence-electron chi connectivity index (χ3n) is 12.0. The van der Waals surface area contributed by atoms with Crippen molar-refractivity contribution in [1.82, 2.24) is 14.4 Å². The highest BCUT2D eigenvalue weighted by Crippen LogP contribution is 2.46. The first kappa shape index (κ1) is 30.3. The van der Waals surface area contributed by atoms with E-state index < -0.39 is 5.41 Å². The van der Waals surface area contributed by atoms with Gasteiger partial charge in [0.25, 0.3) is 0 Å². The Morgan fingerprint density at radius 2 is 1.24 bits per heavy atom. The number of rotatable bonds is 6. The van der Waals surface area contributed by atoms with Crippen LogP contribution in [-0.4, -0.2) is 14.4 Å². The first-order valence-corrected chi connectivity index (χ1v) is 18.6. The van der Waals surface area contributed by atoms with Crippen LogP contribution in [0.15, 0.2) is 122 Å². The zero-order valence-electron chi connectivity index (χ0n) is 28.6. The minimum Gasteiger partial charge on any atom is -0.292 e. The lowest BCUT2D eigenvalue weighted by Gasteiger charge is -2.31. The Bertz CT molecular complexity index is 2180. The summed E-state index contributed by atoms with van der Waals surface area (Å²) in [6, 6.07) is 40.4. The highest BCUT2D eigenvalue weighted by molar-refractivity contribution is 6.12. The van der Waals surface area contributed by atoms with Gasteiger partial charge in [-0.25, -0.2) is 4.98 Å². The number of aromatic nitrogens is 3. The molecule has 244 valence electrons. The molecular weight excluding hydrogens is 595 g/mol. The van der Waals surface area contributed by atoms with Crippen LogP contribution in [0.2, 0.25) is 0 Å². The summed E-state index contributed by atoms with van der Waals surface area (Å²) in [6.45, 7) is 2.32. The molecule has 0 aliphatic heterocycles. The zero-order chi connectivity index (χ0) is 32.8. The monoisotopic (exact) mass is 639 g/mol. The van der Waals surface area contributed by atoms with Gasteiger partial charge in [-0.1, -0.05) is 123 Å². The third-order valence-corrected chi connectivity index (χ3v) is 12.0. The summed E-state index contributed by atoms with van der Waals surface area (Å²) in [7, 11) is 0. The molecule has 2 aliphatic rings. The molecule has 3 aromatic heterocycles. The van der Waals surface area contributed by atoms with E-state index in [0.29, 0.717) is 11.8 Å². The van der Waals surface area contributed by atoms with Crippen molar-refractivity contribution in [3.8, 4) is 11.3 Å². The Morgan fingerprint density at radius 1 is 0.571 bits per heavy atom. The Morgan fingerprint density at radius 3 is 1.94 bits per heavy atom. The van der Waals surface area contributed by atoms with E-state index in [2.05, 4.69) is 121 Å². The summed E-state index contributed by atoms with van der Waals surface area (Å²) >= 11 is 0. The summed E-state index contributed by atoms with van der Waals surface area (Å²) in [5.74, 6) is 1.22. The quantitative estimate of drug-likeness (QED) is 0.170. The predicted octanol–water partition coefficient (Wildman–Crippen LogP) is 12.2. The van der Waals surface area contributed by atoms with Crippen molar-refractivity contribution in [2.75, 3.05) is 0 Å². The van der Waals surface area contributed by atoms with E-state index in [1.807, 2.05) is 12.3 Å². The molecule has 0 spiro atoms. The molecule has 0 radical (unpaired) electrons. The number of hydrogen-bond donors (Lipinski definition) is 0. The first-order chi connectivity index (χ1) is 24.2. The molecule has 2 saturated carbocycles. The largest absolute Gasteiger partial charge is 0.292 e. The van der Waals surface area contributed by atoms with Crippen LogP contribution in [0.25, 0.3) is 38.6 Å². The second-order valence-corrected chi connectivity index (χ2v) is 14.8. The first-order valence-electron chi connectivity index (χ1n) is 18.6. The Hall–Kier alpha value is -4.76. The molecule has 9 rings (SSSR count).